The van der Waals surface area contributed by atoms with E-state index in [2.05, 4.69) is 10.6 Å². The number of benzene rings is 3. The van der Waals surface area contributed by atoms with Crippen molar-refractivity contribution in [1.29, 1.82) is 0 Å². The summed E-state index contributed by atoms with van der Waals surface area (Å²) in [5.74, 6) is 0.929. The summed E-state index contributed by atoms with van der Waals surface area (Å²) < 4.78 is 5.61. The van der Waals surface area contributed by atoms with Gasteiger partial charge in [-0.05, 0) is 78.3 Å². The molecule has 3 N–H and O–H groups in total. The Morgan fingerprint density at radius 1 is 0.938 bits per heavy atom. The lowest BCUT2D eigenvalue weighted by Crippen LogP contribution is -2.34. The molecular weight excluding hydrogens is 420 g/mol. The highest BCUT2D eigenvalue weighted by molar-refractivity contribution is 7.80. The van der Waals surface area contributed by atoms with E-state index in [1.807, 2.05) is 73.7 Å². The third kappa shape index (κ3) is 4.94. The first-order valence-electron chi connectivity index (χ1n) is 10.1. The Morgan fingerprint density at radius 2 is 1.66 bits per heavy atom. The smallest absolute Gasteiger partial charge is 0.257 e. The van der Waals surface area contributed by atoms with Gasteiger partial charge in [0.15, 0.2) is 5.11 Å². The van der Waals surface area contributed by atoms with Crippen molar-refractivity contribution in [3.8, 4) is 22.5 Å². The SMILES string of the molecule is Cc1cc(NC(=S)NC(=O)c2ccc(-c3ccccc3)cc2)ccc1-c1ccc(CO)o1. The quantitative estimate of drug-likeness (QED) is 0.354. The summed E-state index contributed by atoms with van der Waals surface area (Å²) in [6, 6.07) is 26.6. The molecule has 1 aromatic heterocycles. The number of thiocarbonyl (C=S) groups is 1. The summed E-state index contributed by atoms with van der Waals surface area (Å²) in [5, 5.41) is 15.2. The molecule has 0 aliphatic rings. The van der Waals surface area contributed by atoms with E-state index in [9.17, 15) is 9.90 Å². The van der Waals surface area contributed by atoms with Gasteiger partial charge < -0.3 is 14.8 Å². The maximum absolute atomic E-state index is 12.6. The van der Waals surface area contributed by atoms with Crippen LogP contribution in [0.2, 0.25) is 0 Å². The summed E-state index contributed by atoms with van der Waals surface area (Å²) in [7, 11) is 0. The predicted molar refractivity (Wildman–Crippen MR) is 130 cm³/mol. The number of furan rings is 1. The van der Waals surface area contributed by atoms with Crippen LogP contribution in [0.3, 0.4) is 0 Å². The van der Waals surface area contributed by atoms with Gasteiger partial charge in [-0.3, -0.25) is 10.1 Å². The molecular formula is C26H22N2O3S. The Labute approximate surface area is 191 Å². The molecule has 0 unspecified atom stereocenters. The lowest BCUT2D eigenvalue weighted by molar-refractivity contribution is 0.0977. The van der Waals surface area contributed by atoms with Crippen LogP contribution in [-0.2, 0) is 6.61 Å². The lowest BCUT2D eigenvalue weighted by atomic mass is 10.0. The number of hydrogen-bond donors (Lipinski definition) is 3. The molecule has 5 nitrogen and oxygen atoms in total. The number of carbonyl (C=O) groups excluding carboxylic acids is 1. The first kappa shape index (κ1) is 21.5. The average molecular weight is 443 g/mol. The molecule has 1 heterocycles. The number of amides is 1. The molecule has 1 amide bonds. The number of hydrogen-bond acceptors (Lipinski definition) is 4. The molecule has 0 atom stereocenters. The molecule has 6 heteroatoms. The fourth-order valence-electron chi connectivity index (χ4n) is 3.41. The fraction of sp³-hybridized carbons (Fsp3) is 0.0769. The Balaban J connectivity index is 1.39. The van der Waals surface area contributed by atoms with Crippen LogP contribution in [-0.4, -0.2) is 16.1 Å². The van der Waals surface area contributed by atoms with E-state index in [4.69, 9.17) is 16.6 Å². The fourth-order valence-corrected chi connectivity index (χ4v) is 3.62. The van der Waals surface area contributed by atoms with Gasteiger partial charge in [0.1, 0.15) is 18.1 Å². The molecule has 0 saturated heterocycles. The molecule has 0 bridgehead atoms. The van der Waals surface area contributed by atoms with Crippen LogP contribution in [0, 0.1) is 6.92 Å². The second kappa shape index (κ2) is 9.60. The molecule has 32 heavy (non-hydrogen) atoms. The van der Waals surface area contributed by atoms with Gasteiger partial charge in [0.2, 0.25) is 0 Å². The maximum Gasteiger partial charge on any atom is 0.257 e. The van der Waals surface area contributed by atoms with Crippen LogP contribution in [0.4, 0.5) is 5.69 Å². The number of anilines is 1. The highest BCUT2D eigenvalue weighted by Gasteiger charge is 2.11. The second-order valence-electron chi connectivity index (χ2n) is 7.31. The summed E-state index contributed by atoms with van der Waals surface area (Å²) in [6.07, 6.45) is 0. The highest BCUT2D eigenvalue weighted by atomic mass is 32.1. The molecule has 0 saturated carbocycles. The minimum atomic E-state index is -0.275. The van der Waals surface area contributed by atoms with E-state index in [-0.39, 0.29) is 17.6 Å². The summed E-state index contributed by atoms with van der Waals surface area (Å²) in [4.78, 5) is 12.6. The van der Waals surface area contributed by atoms with Crippen LogP contribution in [0.1, 0.15) is 21.7 Å². The first-order valence-corrected chi connectivity index (χ1v) is 10.5. The third-order valence-corrected chi connectivity index (χ3v) is 5.25. The van der Waals surface area contributed by atoms with Crippen molar-refractivity contribution in [1.82, 2.24) is 5.32 Å². The van der Waals surface area contributed by atoms with Crippen molar-refractivity contribution >= 4 is 28.9 Å². The summed E-state index contributed by atoms with van der Waals surface area (Å²) in [6.45, 7) is 1.82. The molecule has 0 spiro atoms. The maximum atomic E-state index is 12.6. The highest BCUT2D eigenvalue weighted by Crippen LogP contribution is 2.28. The van der Waals surface area contributed by atoms with Gasteiger partial charge >= 0.3 is 0 Å². The van der Waals surface area contributed by atoms with Gasteiger partial charge in [-0.2, -0.15) is 0 Å². The zero-order valence-corrected chi connectivity index (χ0v) is 18.3. The Kier molecular flexibility index (Phi) is 6.44. The largest absolute Gasteiger partial charge is 0.459 e. The van der Waals surface area contributed by atoms with E-state index in [1.165, 1.54) is 0 Å². The zero-order chi connectivity index (χ0) is 22.5. The minimum absolute atomic E-state index is 0.137. The number of aryl methyl sites for hydroxylation is 1. The van der Waals surface area contributed by atoms with Crippen molar-refractivity contribution < 1.29 is 14.3 Å². The van der Waals surface area contributed by atoms with Crippen LogP contribution < -0.4 is 10.6 Å². The lowest BCUT2D eigenvalue weighted by Gasteiger charge is -2.12. The summed E-state index contributed by atoms with van der Waals surface area (Å²) in [5.41, 5.74) is 5.31. The number of aliphatic hydroxyl groups is 1. The Morgan fingerprint density at radius 3 is 2.31 bits per heavy atom. The number of aliphatic hydroxyl groups excluding tert-OH is 1. The third-order valence-electron chi connectivity index (χ3n) is 5.05. The normalized spacial score (nSPS) is 10.6. The molecule has 0 fully saturated rings. The van der Waals surface area contributed by atoms with Gasteiger partial charge in [-0.15, -0.1) is 0 Å². The van der Waals surface area contributed by atoms with Crippen LogP contribution >= 0.6 is 12.2 Å². The van der Waals surface area contributed by atoms with E-state index < -0.39 is 0 Å². The van der Waals surface area contributed by atoms with E-state index in [1.54, 1.807) is 18.2 Å². The van der Waals surface area contributed by atoms with Crippen LogP contribution in [0.15, 0.2) is 89.3 Å². The predicted octanol–water partition coefficient (Wildman–Crippen LogP) is 5.54. The van der Waals surface area contributed by atoms with Gasteiger partial charge in [0.05, 0.1) is 0 Å². The van der Waals surface area contributed by atoms with E-state index in [0.29, 0.717) is 17.1 Å². The first-order chi connectivity index (χ1) is 15.5. The molecule has 0 radical (unpaired) electrons. The Bertz CT molecular complexity index is 1250. The molecule has 0 aliphatic carbocycles. The average Bonchev–Trinajstić information content (AvgIpc) is 3.29. The number of nitrogens with one attached hydrogen (secondary N) is 2. The standard InChI is InChI=1S/C26H22N2O3S/c1-17-15-21(11-13-23(17)24-14-12-22(16-29)31-24)27-26(32)28-25(30)20-9-7-19(8-10-20)18-5-3-2-4-6-18/h2-15,29H,16H2,1H3,(H2,27,28,30,32). The van der Waals surface area contributed by atoms with Gasteiger partial charge in [-0.1, -0.05) is 42.5 Å². The van der Waals surface area contributed by atoms with Crippen molar-refractivity contribution in [3.63, 3.8) is 0 Å². The van der Waals surface area contributed by atoms with Crippen LogP contribution in [0.25, 0.3) is 22.5 Å². The van der Waals surface area contributed by atoms with Crippen LogP contribution in [0.5, 0.6) is 0 Å². The summed E-state index contributed by atoms with van der Waals surface area (Å²) >= 11 is 5.31. The number of rotatable bonds is 5. The van der Waals surface area contributed by atoms with E-state index >= 15 is 0 Å². The molecule has 4 rings (SSSR count). The zero-order valence-electron chi connectivity index (χ0n) is 17.5. The van der Waals surface area contributed by atoms with Gasteiger partial charge in [-0.25, -0.2) is 0 Å². The number of carbonyl (C=O) groups is 1. The monoisotopic (exact) mass is 442 g/mol. The molecule has 160 valence electrons. The van der Waals surface area contributed by atoms with Crippen molar-refractivity contribution in [2.24, 2.45) is 0 Å². The van der Waals surface area contributed by atoms with Crippen molar-refractivity contribution in [2.45, 2.75) is 13.5 Å². The van der Waals surface area contributed by atoms with Gasteiger partial charge in [0.25, 0.3) is 5.91 Å². The van der Waals surface area contributed by atoms with Gasteiger partial charge in [0, 0.05) is 16.8 Å². The van der Waals surface area contributed by atoms with E-state index in [0.717, 1.165) is 27.9 Å². The van der Waals surface area contributed by atoms with Crippen molar-refractivity contribution in [2.75, 3.05) is 5.32 Å². The topological polar surface area (TPSA) is 74.5 Å². The molecule has 4 aromatic rings. The van der Waals surface area contributed by atoms with Crippen molar-refractivity contribution in [3.05, 3.63) is 102 Å². The molecule has 3 aromatic carbocycles. The molecule has 0 aliphatic heterocycles. The minimum Gasteiger partial charge on any atom is -0.459 e. The Hall–Kier alpha value is -3.74. The second-order valence-corrected chi connectivity index (χ2v) is 7.71.